The van der Waals surface area contributed by atoms with Gasteiger partial charge in [0.25, 0.3) is 0 Å². The molecule has 0 aromatic carbocycles. The van der Waals surface area contributed by atoms with E-state index in [0.717, 1.165) is 0 Å². The lowest BCUT2D eigenvalue weighted by Gasteiger charge is -1.94. The van der Waals surface area contributed by atoms with Crippen LogP contribution in [0.1, 0.15) is 0 Å². The summed E-state index contributed by atoms with van der Waals surface area (Å²) in [7, 11) is -18.0. The van der Waals surface area contributed by atoms with Crippen molar-refractivity contribution in [1.82, 2.24) is 0 Å². The van der Waals surface area contributed by atoms with E-state index in [9.17, 15) is 51.8 Å². The molecule has 15 heavy (non-hydrogen) atoms. The first-order valence-corrected chi connectivity index (χ1v) is 2.62. The van der Waals surface area contributed by atoms with E-state index in [1.165, 1.54) is 0 Å². The van der Waals surface area contributed by atoms with Gasteiger partial charge in [-0.15, -0.1) is 0 Å². The highest BCUT2D eigenvalue weighted by molar-refractivity contribution is 6.50. The Morgan fingerprint density at radius 3 is 0.267 bits per heavy atom. The minimum absolute atomic E-state index is 6.00. The molecule has 0 aromatic rings. The summed E-state index contributed by atoms with van der Waals surface area (Å²) in [5.74, 6) is 0. The molecular weight excluding hydrogens is 260 g/mol. The topological polar surface area (TPSA) is 0 Å². The molecule has 0 aromatic heterocycles. The summed E-state index contributed by atoms with van der Waals surface area (Å²) >= 11 is 0. The van der Waals surface area contributed by atoms with E-state index in [2.05, 4.69) is 0 Å². The molecule has 0 heterocycles. The van der Waals surface area contributed by atoms with E-state index in [1.54, 1.807) is 0 Å². The van der Waals surface area contributed by atoms with Crippen LogP contribution in [0.5, 0.6) is 0 Å². The molecule has 0 rings (SSSR count). The number of halogens is 12. The third kappa shape index (κ3) is 4140. The minimum atomic E-state index is -6.00. The summed E-state index contributed by atoms with van der Waals surface area (Å²) in [5.41, 5.74) is 0. The fourth-order valence-corrected chi connectivity index (χ4v) is 0. The van der Waals surface area contributed by atoms with Gasteiger partial charge < -0.3 is 51.8 Å². The highest BCUT2D eigenvalue weighted by Crippen LogP contribution is 2.07. The van der Waals surface area contributed by atoms with E-state index in [4.69, 9.17) is 0 Å². The molecule has 0 N–H and O–H groups in total. The van der Waals surface area contributed by atoms with Crippen LogP contribution in [-0.4, -0.2) is 21.8 Å². The number of rotatable bonds is 0. The van der Waals surface area contributed by atoms with Crippen LogP contribution in [0.15, 0.2) is 0 Å². The van der Waals surface area contributed by atoms with Gasteiger partial charge in [0.05, 0.1) is 0 Å². The van der Waals surface area contributed by atoms with Crippen LogP contribution in [0, 0.1) is 0 Å². The zero-order valence-electron chi connectivity index (χ0n) is 6.27. The van der Waals surface area contributed by atoms with Gasteiger partial charge >= 0.3 is 21.8 Å². The standard InChI is InChI=1S/3BF4/c3*2-1(3,4)5/q3*-1. The van der Waals surface area contributed by atoms with Crippen molar-refractivity contribution in [2.24, 2.45) is 0 Å². The summed E-state index contributed by atoms with van der Waals surface area (Å²) in [6.45, 7) is 0. The Bertz CT molecular complexity index is 85.9. The van der Waals surface area contributed by atoms with Crippen LogP contribution < -0.4 is 0 Å². The molecule has 0 saturated heterocycles. The molecule has 0 amide bonds. The fraction of sp³-hybridized carbons (Fsp3) is 0. The molecule has 0 aliphatic rings. The largest absolute Gasteiger partial charge is 0.673 e. The Labute approximate surface area is 74.9 Å². The van der Waals surface area contributed by atoms with E-state index >= 15 is 0 Å². The van der Waals surface area contributed by atoms with Crippen molar-refractivity contribution in [3.8, 4) is 0 Å². The lowest BCUT2D eigenvalue weighted by molar-refractivity contribution is 0.366. The summed E-state index contributed by atoms with van der Waals surface area (Å²) in [5, 5.41) is 0. The Hall–Kier alpha value is -0.645. The quantitative estimate of drug-likeness (QED) is 0.458. The van der Waals surface area contributed by atoms with E-state index in [0.29, 0.717) is 0 Å². The molecule has 15 heteroatoms. The van der Waals surface area contributed by atoms with Crippen LogP contribution in [0.4, 0.5) is 51.8 Å². The normalized spacial score (nSPS) is 12.0. The second-order valence-corrected chi connectivity index (χ2v) is 1.48. The van der Waals surface area contributed by atoms with Gasteiger partial charge in [-0.05, 0) is 0 Å². The zero-order chi connectivity index (χ0) is 13.5. The first kappa shape index (κ1) is 19.9. The summed E-state index contributed by atoms with van der Waals surface area (Å²) in [4.78, 5) is 0. The van der Waals surface area contributed by atoms with Gasteiger partial charge in [0.2, 0.25) is 0 Å². The second-order valence-electron chi connectivity index (χ2n) is 1.48. The third-order valence-electron chi connectivity index (χ3n) is 0. The predicted molar refractivity (Wildman–Crippen MR) is 30.6 cm³/mol. The van der Waals surface area contributed by atoms with Crippen LogP contribution in [0.25, 0.3) is 0 Å². The molecule has 0 aliphatic carbocycles. The number of hydrogen-bond acceptors (Lipinski definition) is 0. The van der Waals surface area contributed by atoms with Crippen molar-refractivity contribution in [2.45, 2.75) is 0 Å². The highest BCUT2D eigenvalue weighted by Gasteiger charge is 2.21. The molecule has 0 saturated carbocycles. The van der Waals surface area contributed by atoms with Crippen molar-refractivity contribution < 1.29 is 51.8 Å². The van der Waals surface area contributed by atoms with Gasteiger partial charge in [-0.2, -0.15) is 0 Å². The molecule has 0 aliphatic heterocycles. The first-order chi connectivity index (χ1) is 6.00. The van der Waals surface area contributed by atoms with Gasteiger partial charge in [0.1, 0.15) is 0 Å². The number of hydrogen-bond donors (Lipinski definition) is 0. The maximum absolute atomic E-state index is 9.75. The summed E-state index contributed by atoms with van der Waals surface area (Å²) in [6.07, 6.45) is 0. The van der Waals surface area contributed by atoms with E-state index < -0.39 is 21.8 Å². The van der Waals surface area contributed by atoms with Crippen molar-refractivity contribution in [3.05, 3.63) is 0 Å². The lowest BCUT2D eigenvalue weighted by Crippen LogP contribution is -2.02. The maximum Gasteiger partial charge on any atom is 0.673 e. The van der Waals surface area contributed by atoms with Crippen molar-refractivity contribution >= 4 is 21.8 Å². The van der Waals surface area contributed by atoms with Crippen LogP contribution in [-0.2, 0) is 0 Å². The molecule has 0 unspecified atom stereocenters. The van der Waals surface area contributed by atoms with Gasteiger partial charge in [-0.3, -0.25) is 0 Å². The Balaban J connectivity index is -0.000000144. The molecule has 0 spiro atoms. The van der Waals surface area contributed by atoms with Crippen LogP contribution in [0.2, 0.25) is 0 Å². The van der Waals surface area contributed by atoms with E-state index in [-0.39, 0.29) is 0 Å². The second kappa shape index (κ2) is 6.77. The molecule has 0 atom stereocenters. The smallest absolute Gasteiger partial charge is 0.418 e. The maximum atomic E-state index is 9.75. The Morgan fingerprint density at radius 1 is 0.267 bits per heavy atom. The lowest BCUT2D eigenvalue weighted by atomic mass is 10.3. The molecule has 0 fully saturated rings. The molecular formula is B3F12-3. The van der Waals surface area contributed by atoms with Gasteiger partial charge in [0.15, 0.2) is 0 Å². The minimum Gasteiger partial charge on any atom is -0.418 e. The van der Waals surface area contributed by atoms with Crippen LogP contribution in [0.3, 0.4) is 0 Å². The SMILES string of the molecule is F[B-](F)(F)F.F[B-](F)(F)F.F[B-](F)(F)F. The fourth-order valence-electron chi connectivity index (χ4n) is 0. The van der Waals surface area contributed by atoms with Gasteiger partial charge in [0, 0.05) is 0 Å². The molecule has 96 valence electrons. The average Bonchev–Trinajstić information content (AvgIpc) is 1.41. The summed E-state index contributed by atoms with van der Waals surface area (Å²) in [6, 6.07) is 0. The zero-order valence-corrected chi connectivity index (χ0v) is 6.27. The summed E-state index contributed by atoms with van der Waals surface area (Å²) < 4.78 is 117. The Morgan fingerprint density at radius 2 is 0.267 bits per heavy atom. The monoisotopic (exact) mass is 261 g/mol. The van der Waals surface area contributed by atoms with Gasteiger partial charge in [-0.1, -0.05) is 0 Å². The van der Waals surface area contributed by atoms with Crippen molar-refractivity contribution in [2.75, 3.05) is 0 Å². The van der Waals surface area contributed by atoms with Crippen molar-refractivity contribution in [3.63, 3.8) is 0 Å². The first-order valence-electron chi connectivity index (χ1n) is 2.62. The van der Waals surface area contributed by atoms with Gasteiger partial charge in [-0.25, -0.2) is 0 Å². The van der Waals surface area contributed by atoms with E-state index in [1.807, 2.05) is 0 Å². The van der Waals surface area contributed by atoms with Crippen LogP contribution >= 0.6 is 0 Å². The average molecular weight is 260 g/mol. The molecule has 0 nitrogen and oxygen atoms in total. The molecule has 0 radical (unpaired) electrons. The molecule has 0 bridgehead atoms. The van der Waals surface area contributed by atoms with Crippen molar-refractivity contribution in [1.29, 1.82) is 0 Å². The predicted octanol–water partition coefficient (Wildman–Crippen LogP) is 3.90. The highest BCUT2D eigenvalue weighted by atomic mass is 19.5. The Kier molecular flexibility index (Phi) is 8.96. The third-order valence-corrected chi connectivity index (χ3v) is 0.